The summed E-state index contributed by atoms with van der Waals surface area (Å²) in [6.07, 6.45) is 1.39. The summed E-state index contributed by atoms with van der Waals surface area (Å²) in [6, 6.07) is 67.8. The number of nitrogens with zero attached hydrogens (tertiary/aromatic N) is 3. The quantitative estimate of drug-likeness (QED) is 0.162. The van der Waals surface area contributed by atoms with E-state index in [0.29, 0.717) is 0 Å². The fourth-order valence-corrected chi connectivity index (χ4v) is 9.47. The largest absolute Gasteiger partial charge is 0.332 e. The van der Waals surface area contributed by atoms with E-state index < -0.39 is 6.85 Å². The van der Waals surface area contributed by atoms with E-state index in [9.17, 15) is 0 Å². The molecule has 4 aromatic heterocycles. The Morgan fingerprint density at radius 2 is 1.24 bits per heavy atom. The first-order valence-electron chi connectivity index (χ1n) is 20.4. The molecule has 0 bridgehead atoms. The molecule has 5 heteroatoms. The van der Waals surface area contributed by atoms with Gasteiger partial charge in [-0.05, 0) is 84.8 Å². The predicted octanol–water partition coefficient (Wildman–Crippen LogP) is 14.4. The second-order valence-electron chi connectivity index (χ2n) is 14.2. The van der Waals surface area contributed by atoms with E-state index in [1.807, 2.05) is 29.5 Å². The van der Waals surface area contributed by atoms with Crippen LogP contribution in [0.1, 0.15) is 9.68 Å². The van der Waals surface area contributed by atoms with Gasteiger partial charge in [-0.3, -0.25) is 4.98 Å². The van der Waals surface area contributed by atoms with E-state index >= 15 is 0 Å². The topological polar surface area (TPSA) is 30.2 Å². The zero-order chi connectivity index (χ0) is 40.4. The summed E-state index contributed by atoms with van der Waals surface area (Å²) in [5.41, 5.74) is 6.10. The third kappa shape index (κ3) is 5.99. The third-order valence-electron chi connectivity index (χ3n) is 10.8. The Balaban J connectivity index is 0.000000222. The summed E-state index contributed by atoms with van der Waals surface area (Å²) >= 11 is 1.84. The van der Waals surface area contributed by atoms with E-state index in [2.05, 4.69) is 161 Å². The van der Waals surface area contributed by atoms with Gasteiger partial charge in [0.05, 0.1) is 16.9 Å². The summed E-state index contributed by atoms with van der Waals surface area (Å²) in [4.78, 5) is 9.53. The third-order valence-corrected chi connectivity index (χ3v) is 12.0. The van der Waals surface area contributed by atoms with Gasteiger partial charge in [-0.1, -0.05) is 126 Å². The number of benzene rings is 8. The molecular formula is C53H33IrN3S-2. The molecule has 0 aliphatic carbocycles. The van der Waals surface area contributed by atoms with Crippen molar-refractivity contribution in [3.05, 3.63) is 200 Å². The molecule has 0 atom stereocenters. The molecule has 0 aliphatic heterocycles. The van der Waals surface area contributed by atoms with Gasteiger partial charge >= 0.3 is 0 Å². The van der Waals surface area contributed by atoms with Gasteiger partial charge in [0.2, 0.25) is 0 Å². The monoisotopic (exact) mass is 939 g/mol. The van der Waals surface area contributed by atoms with Gasteiger partial charge in [0.15, 0.2) is 0 Å². The zero-order valence-corrected chi connectivity index (χ0v) is 34.1. The van der Waals surface area contributed by atoms with Crippen LogP contribution in [0.2, 0.25) is 0 Å². The maximum absolute atomic E-state index is 7.23. The molecule has 0 amide bonds. The van der Waals surface area contributed by atoms with Gasteiger partial charge in [0.1, 0.15) is 0 Å². The molecule has 12 rings (SSSR count). The summed E-state index contributed by atoms with van der Waals surface area (Å²) in [5.74, 6) is 0.915. The summed E-state index contributed by atoms with van der Waals surface area (Å²) in [6.45, 7) is -2.09. The molecule has 1 radical (unpaired) electrons. The van der Waals surface area contributed by atoms with Crippen LogP contribution in [0.5, 0.6) is 0 Å². The Bertz CT molecular complexity index is 3650. The van der Waals surface area contributed by atoms with Crippen molar-refractivity contribution in [2.75, 3.05) is 0 Å². The first kappa shape index (κ1) is 32.6. The van der Waals surface area contributed by atoms with Crippen LogP contribution in [-0.4, -0.2) is 14.4 Å². The van der Waals surface area contributed by atoms with Crippen LogP contribution in [-0.2, 0) is 20.1 Å². The second-order valence-corrected chi connectivity index (χ2v) is 15.2. The fraction of sp³-hybridized carbons (Fsp3) is 0.0189. The van der Waals surface area contributed by atoms with Crippen molar-refractivity contribution in [1.29, 1.82) is 0 Å². The molecule has 277 valence electrons. The molecule has 12 aromatic rings. The number of imidazole rings is 1. The summed E-state index contributed by atoms with van der Waals surface area (Å²) < 4.78 is 26.6. The number of hydrogen-bond acceptors (Lipinski definition) is 3. The predicted molar refractivity (Wildman–Crippen MR) is 242 cm³/mol. The minimum absolute atomic E-state index is 0. The standard InChI is InChI=1S/C41H23N2S.C12H10N.Ir/c1-2-12-26-24-38-35(23-25(26)11-1)33-19-9-20-34(40(33)44-38)41-42-36-21-10-18-32-30-16-6-4-14-28(30)27-13-3-5-15-29(27)31-17-7-8-22-37(31)43(41)39(32)36;1-10-7-8-12(13-9-10)11-5-3-2-4-6-11;/h1-19,21-24H;2-5,7-9H,1H3;/q2*-1;/i;1D3;. The summed E-state index contributed by atoms with van der Waals surface area (Å²) in [7, 11) is 0. The SMILES string of the molecule is [2H]C([2H])([2H])c1ccc(-c2[c-]cccc2)nc1.[Ir].[c-]1ccc2c(sc3cc4ccccc4cc32)c1-c1nc2cccc3c4ccccc4c4ccccc4c4ccccc4n1c23. The van der Waals surface area contributed by atoms with Crippen molar-refractivity contribution in [2.45, 2.75) is 6.85 Å². The van der Waals surface area contributed by atoms with Crippen molar-refractivity contribution in [3.8, 4) is 22.6 Å². The number of hydrogen-bond donors (Lipinski definition) is 0. The van der Waals surface area contributed by atoms with Crippen LogP contribution in [0, 0.1) is 19.0 Å². The normalized spacial score (nSPS) is 12.4. The molecule has 0 unspecified atom stereocenters. The molecular weight excluding hydrogens is 903 g/mol. The van der Waals surface area contributed by atoms with E-state index in [4.69, 9.17) is 9.10 Å². The molecule has 0 fully saturated rings. The number of para-hydroxylation sites is 2. The average molecular weight is 939 g/mol. The Morgan fingerprint density at radius 1 is 0.569 bits per heavy atom. The summed E-state index contributed by atoms with van der Waals surface area (Å²) in [5, 5.41) is 12.3. The van der Waals surface area contributed by atoms with Crippen molar-refractivity contribution >= 4 is 91.1 Å². The molecule has 0 aliphatic rings. The van der Waals surface area contributed by atoms with Crippen LogP contribution < -0.4 is 0 Å². The van der Waals surface area contributed by atoms with Crippen LogP contribution in [0.3, 0.4) is 0 Å². The van der Waals surface area contributed by atoms with Gasteiger partial charge in [-0.15, -0.1) is 54.1 Å². The Kier molecular flexibility index (Phi) is 8.31. The smallest absolute Gasteiger partial charge is 0.0780 e. The van der Waals surface area contributed by atoms with Crippen molar-refractivity contribution in [3.63, 3.8) is 0 Å². The minimum Gasteiger partial charge on any atom is -0.332 e. The van der Waals surface area contributed by atoms with Gasteiger partial charge in [-0.25, -0.2) is 0 Å². The first-order valence-corrected chi connectivity index (χ1v) is 19.7. The van der Waals surface area contributed by atoms with E-state index in [-0.39, 0.29) is 25.7 Å². The van der Waals surface area contributed by atoms with Crippen molar-refractivity contribution in [2.24, 2.45) is 0 Å². The van der Waals surface area contributed by atoms with Crippen LogP contribution in [0.15, 0.2) is 182 Å². The van der Waals surface area contributed by atoms with Gasteiger partial charge in [0.25, 0.3) is 0 Å². The molecule has 8 aromatic carbocycles. The number of rotatable bonds is 2. The number of aryl methyl sites for hydroxylation is 1. The van der Waals surface area contributed by atoms with Crippen LogP contribution >= 0.6 is 11.3 Å². The van der Waals surface area contributed by atoms with E-state index in [1.165, 1.54) is 69.5 Å². The van der Waals surface area contributed by atoms with Crippen molar-refractivity contribution in [1.82, 2.24) is 14.4 Å². The minimum atomic E-state index is -2.09. The van der Waals surface area contributed by atoms with E-state index in [0.717, 1.165) is 39.2 Å². The fourth-order valence-electron chi connectivity index (χ4n) is 8.25. The van der Waals surface area contributed by atoms with E-state index in [1.54, 1.807) is 18.2 Å². The number of fused-ring (bicyclic) bond motifs is 11. The maximum Gasteiger partial charge on any atom is 0.0780 e. The van der Waals surface area contributed by atoms with Gasteiger partial charge < -0.3 is 9.38 Å². The Labute approximate surface area is 357 Å². The second kappa shape index (κ2) is 14.8. The number of aromatic nitrogens is 3. The molecule has 0 saturated heterocycles. The molecule has 4 heterocycles. The van der Waals surface area contributed by atoms with Crippen LogP contribution in [0.25, 0.3) is 102 Å². The molecule has 3 nitrogen and oxygen atoms in total. The molecule has 0 spiro atoms. The molecule has 0 saturated carbocycles. The zero-order valence-electron chi connectivity index (χ0n) is 33.9. The van der Waals surface area contributed by atoms with Crippen LogP contribution in [0.4, 0.5) is 0 Å². The van der Waals surface area contributed by atoms with Crippen molar-refractivity contribution < 1.29 is 24.2 Å². The first-order chi connectivity index (χ1) is 29.4. The van der Waals surface area contributed by atoms with Gasteiger partial charge in [0, 0.05) is 51.4 Å². The number of pyridine rings is 1. The van der Waals surface area contributed by atoms with Gasteiger partial charge in [-0.2, -0.15) is 11.3 Å². The maximum atomic E-state index is 7.23. The molecule has 58 heavy (non-hydrogen) atoms. The average Bonchev–Trinajstić information content (AvgIpc) is 3.87. The Morgan fingerprint density at radius 3 is 1.97 bits per heavy atom. The molecule has 0 N–H and O–H groups in total. The Hall–Kier alpha value is -6.49. The number of thiophene rings is 1.